The molecule has 0 saturated heterocycles. The molecule has 2 N–H and O–H groups in total. The summed E-state index contributed by atoms with van der Waals surface area (Å²) in [6, 6.07) is 3.60. The van der Waals surface area contributed by atoms with Gasteiger partial charge >= 0.3 is 0 Å². The summed E-state index contributed by atoms with van der Waals surface area (Å²) in [4.78, 5) is 13.4. The Hall–Kier alpha value is -1.31. The van der Waals surface area contributed by atoms with Crippen LogP contribution in [-0.2, 0) is 0 Å². The molecule has 1 amide bonds. The molecule has 0 atom stereocenters. The van der Waals surface area contributed by atoms with Crippen molar-refractivity contribution in [2.24, 2.45) is 5.41 Å². The third-order valence-electron chi connectivity index (χ3n) is 3.36. The average Bonchev–Trinajstić information content (AvgIpc) is 2.79. The summed E-state index contributed by atoms with van der Waals surface area (Å²) in [6.07, 6.45) is 3.67. The summed E-state index contributed by atoms with van der Waals surface area (Å²) in [6.45, 7) is 2.81. The van der Waals surface area contributed by atoms with Crippen molar-refractivity contribution in [3.05, 3.63) is 21.9 Å². The fourth-order valence-corrected chi connectivity index (χ4v) is 2.79. The Kier molecular flexibility index (Phi) is 4.05. The van der Waals surface area contributed by atoms with Gasteiger partial charge in [0.05, 0.1) is 9.75 Å². The molecule has 0 aromatic carbocycles. The van der Waals surface area contributed by atoms with Crippen LogP contribution in [-0.4, -0.2) is 24.2 Å². The first-order chi connectivity index (χ1) is 8.63. The van der Waals surface area contributed by atoms with Gasteiger partial charge < -0.3 is 10.4 Å². The number of hydrogen-bond acceptors (Lipinski definition) is 3. The highest BCUT2D eigenvalue weighted by molar-refractivity contribution is 7.14. The minimum Gasteiger partial charge on any atom is -0.384 e. The van der Waals surface area contributed by atoms with E-state index in [1.807, 2.05) is 6.07 Å². The van der Waals surface area contributed by atoms with E-state index in [0.717, 1.165) is 11.4 Å². The van der Waals surface area contributed by atoms with E-state index in [-0.39, 0.29) is 12.5 Å². The standard InChI is InChI=1S/C14H17NO2S/c1-14(7-3-8-14)10-15-13(17)12-6-5-11(18-12)4-2-9-16/h5-6,16H,3,7-10H2,1H3,(H,15,17). The Morgan fingerprint density at radius 2 is 2.33 bits per heavy atom. The zero-order chi connectivity index (χ0) is 13.0. The molecule has 1 aliphatic carbocycles. The average molecular weight is 263 g/mol. The Bertz CT molecular complexity index is 491. The summed E-state index contributed by atoms with van der Waals surface area (Å²) in [7, 11) is 0. The predicted molar refractivity (Wildman–Crippen MR) is 72.6 cm³/mol. The van der Waals surface area contributed by atoms with Crippen LogP contribution in [0.1, 0.15) is 40.7 Å². The van der Waals surface area contributed by atoms with Crippen LogP contribution in [0.15, 0.2) is 12.1 Å². The minimum absolute atomic E-state index is 0.0230. The van der Waals surface area contributed by atoms with Gasteiger partial charge in [0, 0.05) is 6.54 Å². The van der Waals surface area contributed by atoms with Crippen LogP contribution in [0.3, 0.4) is 0 Å². The van der Waals surface area contributed by atoms with Gasteiger partial charge in [0.25, 0.3) is 5.91 Å². The quantitative estimate of drug-likeness (QED) is 0.820. The topological polar surface area (TPSA) is 49.3 Å². The smallest absolute Gasteiger partial charge is 0.261 e. The Morgan fingerprint density at radius 1 is 1.56 bits per heavy atom. The minimum atomic E-state index is -0.155. The van der Waals surface area contributed by atoms with E-state index in [1.165, 1.54) is 30.6 Å². The lowest BCUT2D eigenvalue weighted by molar-refractivity contribution is 0.0895. The van der Waals surface area contributed by atoms with Gasteiger partial charge in [-0.25, -0.2) is 0 Å². The molecule has 1 aromatic rings. The van der Waals surface area contributed by atoms with E-state index >= 15 is 0 Å². The number of rotatable bonds is 3. The third kappa shape index (κ3) is 3.12. The lowest BCUT2D eigenvalue weighted by atomic mass is 9.70. The van der Waals surface area contributed by atoms with Crippen molar-refractivity contribution in [1.29, 1.82) is 0 Å². The molecule has 0 bridgehead atoms. The molecule has 18 heavy (non-hydrogen) atoms. The Labute approximate surface area is 111 Å². The third-order valence-corrected chi connectivity index (χ3v) is 4.36. The van der Waals surface area contributed by atoms with E-state index < -0.39 is 0 Å². The second kappa shape index (κ2) is 5.55. The zero-order valence-corrected chi connectivity index (χ0v) is 11.3. The van der Waals surface area contributed by atoms with Gasteiger partial charge in [-0.2, -0.15) is 0 Å². The van der Waals surface area contributed by atoms with Crippen molar-refractivity contribution in [1.82, 2.24) is 5.32 Å². The van der Waals surface area contributed by atoms with Crippen molar-refractivity contribution in [3.8, 4) is 11.8 Å². The van der Waals surface area contributed by atoms with Gasteiger partial charge in [0.1, 0.15) is 6.61 Å². The molecular formula is C14H17NO2S. The van der Waals surface area contributed by atoms with Crippen LogP contribution in [0.2, 0.25) is 0 Å². The van der Waals surface area contributed by atoms with Gasteiger partial charge in [-0.05, 0) is 30.4 Å². The first-order valence-corrected chi connectivity index (χ1v) is 6.92. The first-order valence-electron chi connectivity index (χ1n) is 6.11. The van der Waals surface area contributed by atoms with Gasteiger partial charge in [0.15, 0.2) is 0 Å². The highest BCUT2D eigenvalue weighted by atomic mass is 32.1. The summed E-state index contributed by atoms with van der Waals surface area (Å²) >= 11 is 1.36. The van der Waals surface area contributed by atoms with E-state index in [1.54, 1.807) is 6.07 Å². The summed E-state index contributed by atoms with van der Waals surface area (Å²) in [5.41, 5.74) is 0.298. The SMILES string of the molecule is CC1(CNC(=O)c2ccc(C#CCO)s2)CCC1. The Morgan fingerprint density at radius 3 is 2.94 bits per heavy atom. The lowest BCUT2D eigenvalue weighted by Crippen LogP contribution is -2.39. The molecule has 1 saturated carbocycles. The van der Waals surface area contributed by atoms with E-state index in [0.29, 0.717) is 10.3 Å². The molecule has 1 aromatic heterocycles. The molecule has 1 aliphatic rings. The fraction of sp³-hybridized carbons (Fsp3) is 0.500. The first kappa shape index (κ1) is 13.1. The summed E-state index contributed by atoms with van der Waals surface area (Å²) < 4.78 is 0. The number of carbonyl (C=O) groups excluding carboxylic acids is 1. The summed E-state index contributed by atoms with van der Waals surface area (Å²) in [5.74, 6) is 5.36. The maximum absolute atomic E-state index is 11.9. The zero-order valence-electron chi connectivity index (χ0n) is 10.5. The number of nitrogens with one attached hydrogen (secondary N) is 1. The molecule has 2 rings (SSSR count). The maximum atomic E-state index is 11.9. The van der Waals surface area contributed by atoms with Crippen molar-refractivity contribution in [2.45, 2.75) is 26.2 Å². The number of aliphatic hydroxyl groups is 1. The highest BCUT2D eigenvalue weighted by Crippen LogP contribution is 2.39. The Balaban J connectivity index is 1.90. The second-order valence-corrected chi connectivity index (χ2v) is 6.05. The second-order valence-electron chi connectivity index (χ2n) is 4.97. The van der Waals surface area contributed by atoms with E-state index in [2.05, 4.69) is 24.1 Å². The van der Waals surface area contributed by atoms with Crippen LogP contribution in [0.5, 0.6) is 0 Å². The molecule has 0 unspecified atom stereocenters. The lowest BCUT2D eigenvalue weighted by Gasteiger charge is -2.38. The number of hydrogen-bond donors (Lipinski definition) is 2. The van der Waals surface area contributed by atoms with Crippen LogP contribution in [0.4, 0.5) is 0 Å². The molecule has 3 nitrogen and oxygen atoms in total. The largest absolute Gasteiger partial charge is 0.384 e. The fourth-order valence-electron chi connectivity index (χ4n) is 1.99. The van der Waals surface area contributed by atoms with Crippen molar-refractivity contribution < 1.29 is 9.90 Å². The van der Waals surface area contributed by atoms with Crippen molar-refractivity contribution in [3.63, 3.8) is 0 Å². The molecule has 0 radical (unpaired) electrons. The van der Waals surface area contributed by atoms with Gasteiger partial charge in [-0.3, -0.25) is 4.79 Å². The molecular weight excluding hydrogens is 246 g/mol. The molecule has 1 heterocycles. The molecule has 4 heteroatoms. The van der Waals surface area contributed by atoms with E-state index in [4.69, 9.17) is 5.11 Å². The van der Waals surface area contributed by atoms with Crippen molar-refractivity contribution in [2.75, 3.05) is 13.2 Å². The monoisotopic (exact) mass is 263 g/mol. The molecule has 1 fully saturated rings. The normalized spacial score (nSPS) is 16.3. The van der Waals surface area contributed by atoms with Crippen LogP contribution < -0.4 is 5.32 Å². The maximum Gasteiger partial charge on any atom is 0.261 e. The number of carbonyl (C=O) groups is 1. The van der Waals surface area contributed by atoms with Crippen molar-refractivity contribution >= 4 is 17.2 Å². The number of aliphatic hydroxyl groups excluding tert-OH is 1. The van der Waals surface area contributed by atoms with Crippen LogP contribution in [0, 0.1) is 17.3 Å². The van der Waals surface area contributed by atoms with Gasteiger partial charge in [0.2, 0.25) is 0 Å². The molecule has 96 valence electrons. The predicted octanol–water partition coefficient (Wildman–Crippen LogP) is 2.01. The molecule has 0 aliphatic heterocycles. The number of thiophene rings is 1. The van der Waals surface area contributed by atoms with Gasteiger partial charge in [-0.1, -0.05) is 25.2 Å². The van der Waals surface area contributed by atoms with Gasteiger partial charge in [-0.15, -0.1) is 11.3 Å². The highest BCUT2D eigenvalue weighted by Gasteiger charge is 2.31. The van der Waals surface area contributed by atoms with Crippen LogP contribution in [0.25, 0.3) is 0 Å². The number of amides is 1. The summed E-state index contributed by atoms with van der Waals surface area (Å²) in [5, 5.41) is 11.6. The molecule has 0 spiro atoms. The van der Waals surface area contributed by atoms with E-state index in [9.17, 15) is 4.79 Å². The van der Waals surface area contributed by atoms with Crippen LogP contribution >= 0.6 is 11.3 Å².